The summed E-state index contributed by atoms with van der Waals surface area (Å²) in [4.78, 5) is 16.9. The molecule has 1 aliphatic rings. The SMILES string of the molecule is Cc1cc(C(=O)CSc2nnc(-c3cccs3)n2C[C@@H]2CCCO2)c(C)[nH]1. The molecule has 0 spiro atoms. The maximum absolute atomic E-state index is 12.6. The molecule has 3 aromatic rings. The molecule has 0 unspecified atom stereocenters. The van der Waals surface area contributed by atoms with Crippen molar-refractivity contribution in [1.82, 2.24) is 19.7 Å². The number of Topliss-reactive ketones (excluding diaryl/α,β-unsaturated/α-hetero) is 1. The van der Waals surface area contributed by atoms with Gasteiger partial charge < -0.3 is 9.72 Å². The van der Waals surface area contributed by atoms with Crippen LogP contribution in [-0.4, -0.2) is 44.0 Å². The molecule has 8 heteroatoms. The van der Waals surface area contributed by atoms with E-state index in [2.05, 4.69) is 19.7 Å². The number of aromatic amines is 1. The van der Waals surface area contributed by atoms with E-state index in [1.807, 2.05) is 37.4 Å². The van der Waals surface area contributed by atoms with Crippen molar-refractivity contribution in [3.05, 3.63) is 40.5 Å². The normalized spacial score (nSPS) is 16.9. The van der Waals surface area contributed by atoms with Gasteiger partial charge in [-0.3, -0.25) is 9.36 Å². The largest absolute Gasteiger partial charge is 0.376 e. The Labute approximate surface area is 166 Å². The van der Waals surface area contributed by atoms with E-state index < -0.39 is 0 Å². The summed E-state index contributed by atoms with van der Waals surface area (Å²) in [7, 11) is 0. The number of nitrogens with one attached hydrogen (secondary N) is 1. The van der Waals surface area contributed by atoms with Crippen molar-refractivity contribution in [3.8, 4) is 10.7 Å². The Morgan fingerprint density at radius 2 is 2.33 bits per heavy atom. The maximum Gasteiger partial charge on any atom is 0.192 e. The minimum atomic E-state index is 0.103. The Bertz CT molecular complexity index is 924. The number of ether oxygens (including phenoxy) is 1. The highest BCUT2D eigenvalue weighted by Crippen LogP contribution is 2.29. The predicted octanol–water partition coefficient (Wildman–Crippen LogP) is 4.11. The summed E-state index contributed by atoms with van der Waals surface area (Å²) < 4.78 is 7.92. The van der Waals surface area contributed by atoms with E-state index in [1.165, 1.54) is 11.8 Å². The van der Waals surface area contributed by atoms with Crippen LogP contribution in [-0.2, 0) is 11.3 Å². The van der Waals surface area contributed by atoms with Gasteiger partial charge in [0, 0.05) is 23.6 Å². The van der Waals surface area contributed by atoms with Gasteiger partial charge in [0.25, 0.3) is 0 Å². The van der Waals surface area contributed by atoms with Crippen LogP contribution in [0.4, 0.5) is 0 Å². The molecule has 0 saturated carbocycles. The van der Waals surface area contributed by atoms with E-state index in [1.54, 1.807) is 11.3 Å². The first kappa shape index (κ1) is 18.5. The van der Waals surface area contributed by atoms with Crippen molar-refractivity contribution in [1.29, 1.82) is 0 Å². The van der Waals surface area contributed by atoms with Crippen LogP contribution < -0.4 is 0 Å². The van der Waals surface area contributed by atoms with Gasteiger partial charge in [-0.05, 0) is 44.2 Å². The lowest BCUT2D eigenvalue weighted by atomic mass is 10.2. The summed E-state index contributed by atoms with van der Waals surface area (Å²) in [6.45, 7) is 5.43. The van der Waals surface area contributed by atoms with Crippen LogP contribution in [0.2, 0.25) is 0 Å². The van der Waals surface area contributed by atoms with Crippen LogP contribution in [0, 0.1) is 13.8 Å². The van der Waals surface area contributed by atoms with E-state index in [4.69, 9.17) is 4.74 Å². The van der Waals surface area contributed by atoms with Gasteiger partial charge in [0.1, 0.15) is 0 Å². The third-order valence-corrected chi connectivity index (χ3v) is 6.48. The smallest absolute Gasteiger partial charge is 0.192 e. The van der Waals surface area contributed by atoms with Crippen molar-refractivity contribution >= 4 is 28.9 Å². The third kappa shape index (κ3) is 4.02. The van der Waals surface area contributed by atoms with Crippen LogP contribution in [0.3, 0.4) is 0 Å². The fourth-order valence-corrected chi connectivity index (χ4v) is 4.91. The van der Waals surface area contributed by atoms with Crippen molar-refractivity contribution in [2.24, 2.45) is 0 Å². The number of carbonyl (C=O) groups is 1. The van der Waals surface area contributed by atoms with E-state index >= 15 is 0 Å². The third-order valence-electron chi connectivity index (χ3n) is 4.65. The van der Waals surface area contributed by atoms with Crippen LogP contribution in [0.15, 0.2) is 28.7 Å². The van der Waals surface area contributed by atoms with Crippen molar-refractivity contribution in [2.45, 2.75) is 44.5 Å². The van der Waals surface area contributed by atoms with E-state index in [0.717, 1.165) is 58.8 Å². The Balaban J connectivity index is 1.54. The molecule has 3 aromatic heterocycles. The average Bonchev–Trinajstić information content (AvgIpc) is 3.41. The van der Waals surface area contributed by atoms with Crippen LogP contribution in [0.5, 0.6) is 0 Å². The van der Waals surface area contributed by atoms with Crippen molar-refractivity contribution in [2.75, 3.05) is 12.4 Å². The molecule has 4 heterocycles. The lowest BCUT2D eigenvalue weighted by Crippen LogP contribution is -2.17. The molecule has 1 saturated heterocycles. The lowest BCUT2D eigenvalue weighted by Gasteiger charge is -2.14. The van der Waals surface area contributed by atoms with Gasteiger partial charge >= 0.3 is 0 Å². The van der Waals surface area contributed by atoms with Gasteiger partial charge in [0.2, 0.25) is 0 Å². The lowest BCUT2D eigenvalue weighted by molar-refractivity contribution is 0.0953. The number of thiophene rings is 1. The number of aryl methyl sites for hydroxylation is 2. The predicted molar refractivity (Wildman–Crippen MR) is 108 cm³/mol. The Morgan fingerprint density at radius 3 is 3.00 bits per heavy atom. The van der Waals surface area contributed by atoms with E-state index in [9.17, 15) is 4.79 Å². The Hall–Kier alpha value is -1.90. The molecular formula is C19H22N4O2S2. The average molecular weight is 403 g/mol. The van der Waals surface area contributed by atoms with Gasteiger partial charge in [-0.1, -0.05) is 17.8 Å². The van der Waals surface area contributed by atoms with Crippen LogP contribution in [0.1, 0.15) is 34.6 Å². The molecule has 4 rings (SSSR count). The summed E-state index contributed by atoms with van der Waals surface area (Å²) in [5.74, 6) is 1.29. The second kappa shape index (κ2) is 8.00. The molecular weight excluding hydrogens is 380 g/mol. The zero-order valence-corrected chi connectivity index (χ0v) is 17.0. The second-order valence-corrected chi connectivity index (χ2v) is 8.62. The van der Waals surface area contributed by atoms with Gasteiger partial charge in [-0.2, -0.15) is 0 Å². The number of hydrogen-bond acceptors (Lipinski definition) is 6. The van der Waals surface area contributed by atoms with Crippen molar-refractivity contribution in [3.63, 3.8) is 0 Å². The standard InChI is InChI=1S/C19H22N4O2S2/c1-12-9-15(13(2)20-12)16(24)11-27-19-22-21-18(17-6-4-8-26-17)23(19)10-14-5-3-7-25-14/h4,6,8-9,14,20H,3,5,7,10-11H2,1-2H3/t14-/m0/s1. The van der Waals surface area contributed by atoms with Gasteiger partial charge in [-0.25, -0.2) is 0 Å². The van der Waals surface area contributed by atoms with Gasteiger partial charge in [0.15, 0.2) is 16.8 Å². The number of ketones is 1. The summed E-state index contributed by atoms with van der Waals surface area (Å²) in [6, 6.07) is 5.97. The fourth-order valence-electron chi connectivity index (χ4n) is 3.36. The summed E-state index contributed by atoms with van der Waals surface area (Å²) in [5.41, 5.74) is 2.67. The minimum Gasteiger partial charge on any atom is -0.376 e. The zero-order valence-electron chi connectivity index (χ0n) is 15.4. The van der Waals surface area contributed by atoms with Gasteiger partial charge in [0.05, 0.1) is 23.3 Å². The number of H-pyrrole nitrogens is 1. The molecule has 1 fully saturated rings. The second-order valence-electron chi connectivity index (χ2n) is 6.73. The van der Waals surface area contributed by atoms with Crippen LogP contribution >= 0.6 is 23.1 Å². The Morgan fingerprint density at radius 1 is 1.44 bits per heavy atom. The fraction of sp³-hybridized carbons (Fsp3) is 0.421. The van der Waals surface area contributed by atoms with E-state index in [0.29, 0.717) is 5.75 Å². The molecule has 27 heavy (non-hydrogen) atoms. The highest BCUT2D eigenvalue weighted by molar-refractivity contribution is 7.99. The molecule has 1 aliphatic heterocycles. The van der Waals surface area contributed by atoms with Gasteiger partial charge in [-0.15, -0.1) is 21.5 Å². The maximum atomic E-state index is 12.6. The number of rotatable bonds is 7. The number of carbonyl (C=O) groups excluding carboxylic acids is 1. The van der Waals surface area contributed by atoms with E-state index in [-0.39, 0.29) is 11.9 Å². The highest BCUT2D eigenvalue weighted by Gasteiger charge is 2.23. The number of aromatic nitrogens is 4. The zero-order chi connectivity index (χ0) is 18.8. The highest BCUT2D eigenvalue weighted by atomic mass is 32.2. The number of nitrogens with zero attached hydrogens (tertiary/aromatic N) is 3. The quantitative estimate of drug-likeness (QED) is 0.476. The molecule has 0 bridgehead atoms. The number of hydrogen-bond donors (Lipinski definition) is 1. The molecule has 1 atom stereocenters. The molecule has 0 radical (unpaired) electrons. The summed E-state index contributed by atoms with van der Waals surface area (Å²) in [5, 5.41) is 11.6. The topological polar surface area (TPSA) is 72.8 Å². The molecule has 0 aromatic carbocycles. The Kier molecular flexibility index (Phi) is 5.47. The minimum absolute atomic E-state index is 0.103. The van der Waals surface area contributed by atoms with Crippen LogP contribution in [0.25, 0.3) is 10.7 Å². The monoisotopic (exact) mass is 402 g/mol. The first-order valence-electron chi connectivity index (χ1n) is 9.02. The number of thioether (sulfide) groups is 1. The molecule has 1 N–H and O–H groups in total. The molecule has 142 valence electrons. The van der Waals surface area contributed by atoms with Crippen molar-refractivity contribution < 1.29 is 9.53 Å². The molecule has 0 aliphatic carbocycles. The summed E-state index contributed by atoms with van der Waals surface area (Å²) in [6.07, 6.45) is 2.32. The molecule has 0 amide bonds. The first-order chi connectivity index (χ1) is 13.1. The summed E-state index contributed by atoms with van der Waals surface area (Å²) >= 11 is 3.09. The first-order valence-corrected chi connectivity index (χ1v) is 10.9. The molecule has 6 nitrogen and oxygen atoms in total.